The molecule has 1 heterocycles. The van der Waals surface area contributed by atoms with Gasteiger partial charge >= 0.3 is 0 Å². The molecule has 18 heavy (non-hydrogen) atoms. The van der Waals surface area contributed by atoms with Crippen LogP contribution < -0.4 is 15.8 Å². The Bertz CT molecular complexity index is 554. The van der Waals surface area contributed by atoms with E-state index in [0.717, 1.165) is 15.7 Å². The van der Waals surface area contributed by atoms with Gasteiger partial charge in [0.15, 0.2) is 0 Å². The van der Waals surface area contributed by atoms with Gasteiger partial charge in [-0.3, -0.25) is 0 Å². The summed E-state index contributed by atoms with van der Waals surface area (Å²) in [4.78, 5) is 8.02. The van der Waals surface area contributed by atoms with Crippen LogP contribution in [0.5, 0.6) is 5.88 Å². The number of methoxy groups -OCH3 is 1. The van der Waals surface area contributed by atoms with Crippen LogP contribution in [0.2, 0.25) is 0 Å². The van der Waals surface area contributed by atoms with Crippen molar-refractivity contribution in [3.05, 3.63) is 34.3 Å². The number of hydrogen-bond acceptors (Lipinski definition) is 5. The number of nitrogens with zero attached hydrogens (tertiary/aromatic N) is 2. The van der Waals surface area contributed by atoms with Gasteiger partial charge in [-0.05, 0) is 30.7 Å². The third kappa shape index (κ3) is 3.10. The maximum atomic E-state index is 5.60. The summed E-state index contributed by atoms with van der Waals surface area (Å²) in [5, 5.41) is 3.16. The number of hydrogen-bond donors (Lipinski definition) is 2. The fourth-order valence-electron chi connectivity index (χ4n) is 1.57. The number of anilines is 3. The molecule has 0 aliphatic heterocycles. The Balaban J connectivity index is 2.30. The van der Waals surface area contributed by atoms with Crippen molar-refractivity contribution >= 4 is 33.4 Å². The maximum absolute atomic E-state index is 5.60. The topological polar surface area (TPSA) is 73.1 Å². The van der Waals surface area contributed by atoms with Gasteiger partial charge in [0.2, 0.25) is 11.8 Å². The van der Waals surface area contributed by atoms with Crippen LogP contribution in [-0.4, -0.2) is 17.1 Å². The first-order chi connectivity index (χ1) is 8.56. The molecule has 5 nitrogen and oxygen atoms in total. The number of aromatic nitrogens is 2. The Morgan fingerprint density at radius 2 is 2.00 bits per heavy atom. The zero-order valence-corrected chi connectivity index (χ0v) is 11.7. The number of rotatable bonds is 3. The van der Waals surface area contributed by atoms with Crippen LogP contribution in [0.4, 0.5) is 17.5 Å². The highest BCUT2D eigenvalue weighted by molar-refractivity contribution is 9.10. The third-order valence-electron chi connectivity index (χ3n) is 2.24. The quantitative estimate of drug-likeness (QED) is 0.912. The first-order valence-corrected chi connectivity index (χ1v) is 6.09. The van der Waals surface area contributed by atoms with E-state index in [-0.39, 0.29) is 5.95 Å². The lowest BCUT2D eigenvalue weighted by Gasteiger charge is -2.09. The van der Waals surface area contributed by atoms with E-state index in [1.54, 1.807) is 6.07 Å². The SMILES string of the molecule is COc1cc(Nc2cc(C)cc(Br)c2)nc(N)n1. The smallest absolute Gasteiger partial charge is 0.225 e. The van der Waals surface area contributed by atoms with E-state index >= 15 is 0 Å². The second-order valence-electron chi connectivity index (χ2n) is 3.80. The van der Waals surface area contributed by atoms with Crippen LogP contribution >= 0.6 is 15.9 Å². The van der Waals surface area contributed by atoms with Crippen LogP contribution in [0.25, 0.3) is 0 Å². The van der Waals surface area contributed by atoms with Gasteiger partial charge in [-0.15, -0.1) is 0 Å². The number of nitrogens with one attached hydrogen (secondary N) is 1. The van der Waals surface area contributed by atoms with Crippen molar-refractivity contribution in [2.24, 2.45) is 0 Å². The predicted molar refractivity (Wildman–Crippen MR) is 75.2 cm³/mol. The monoisotopic (exact) mass is 308 g/mol. The highest BCUT2D eigenvalue weighted by atomic mass is 79.9. The molecule has 0 aliphatic rings. The third-order valence-corrected chi connectivity index (χ3v) is 2.70. The summed E-state index contributed by atoms with van der Waals surface area (Å²) in [6.45, 7) is 2.02. The van der Waals surface area contributed by atoms with Crippen molar-refractivity contribution < 1.29 is 4.74 Å². The number of benzene rings is 1. The largest absolute Gasteiger partial charge is 0.481 e. The highest BCUT2D eigenvalue weighted by Gasteiger charge is 2.03. The molecule has 0 saturated heterocycles. The van der Waals surface area contributed by atoms with Crippen molar-refractivity contribution in [1.82, 2.24) is 9.97 Å². The standard InChI is InChI=1S/C12H13BrN4O/c1-7-3-8(13)5-9(4-7)15-10-6-11(18-2)17-12(14)16-10/h3-6H,1-2H3,(H3,14,15,16,17). The Kier molecular flexibility index (Phi) is 3.66. The Morgan fingerprint density at radius 1 is 1.22 bits per heavy atom. The molecule has 0 amide bonds. The Hall–Kier alpha value is -1.82. The van der Waals surface area contributed by atoms with E-state index < -0.39 is 0 Å². The molecule has 0 radical (unpaired) electrons. The second-order valence-corrected chi connectivity index (χ2v) is 4.71. The van der Waals surface area contributed by atoms with Gasteiger partial charge in [-0.25, -0.2) is 0 Å². The summed E-state index contributed by atoms with van der Waals surface area (Å²) in [5.74, 6) is 1.19. The molecule has 2 rings (SSSR count). The van der Waals surface area contributed by atoms with E-state index in [4.69, 9.17) is 10.5 Å². The lowest BCUT2D eigenvalue weighted by Crippen LogP contribution is -2.01. The van der Waals surface area contributed by atoms with E-state index in [1.165, 1.54) is 7.11 Å². The average molecular weight is 309 g/mol. The summed E-state index contributed by atoms with van der Waals surface area (Å²) in [5.41, 5.74) is 7.66. The van der Waals surface area contributed by atoms with Crippen LogP contribution in [0.1, 0.15) is 5.56 Å². The molecule has 94 valence electrons. The second kappa shape index (κ2) is 5.22. The predicted octanol–water partition coefficient (Wildman–Crippen LogP) is 2.88. The lowest BCUT2D eigenvalue weighted by molar-refractivity contribution is 0.398. The molecule has 0 fully saturated rings. The van der Waals surface area contributed by atoms with Gasteiger partial charge in [-0.2, -0.15) is 9.97 Å². The first-order valence-electron chi connectivity index (χ1n) is 5.29. The van der Waals surface area contributed by atoms with Gasteiger partial charge in [0.1, 0.15) is 5.82 Å². The lowest BCUT2D eigenvalue weighted by atomic mass is 10.2. The van der Waals surface area contributed by atoms with Crippen LogP contribution in [0, 0.1) is 6.92 Å². The molecular formula is C12H13BrN4O. The fraction of sp³-hybridized carbons (Fsp3) is 0.167. The van der Waals surface area contributed by atoms with E-state index in [2.05, 4.69) is 31.2 Å². The summed E-state index contributed by atoms with van der Waals surface area (Å²) >= 11 is 3.45. The van der Waals surface area contributed by atoms with Crippen molar-refractivity contribution in [2.45, 2.75) is 6.92 Å². The maximum Gasteiger partial charge on any atom is 0.225 e. The van der Waals surface area contributed by atoms with Gasteiger partial charge in [0, 0.05) is 16.2 Å². The van der Waals surface area contributed by atoms with Crippen molar-refractivity contribution in [1.29, 1.82) is 0 Å². The molecule has 0 aliphatic carbocycles. The van der Waals surface area contributed by atoms with Crippen molar-refractivity contribution in [3.8, 4) is 5.88 Å². The van der Waals surface area contributed by atoms with Gasteiger partial charge < -0.3 is 15.8 Å². The highest BCUT2D eigenvalue weighted by Crippen LogP contribution is 2.23. The molecule has 6 heteroatoms. The van der Waals surface area contributed by atoms with Crippen molar-refractivity contribution in [2.75, 3.05) is 18.2 Å². The van der Waals surface area contributed by atoms with Crippen LogP contribution in [-0.2, 0) is 0 Å². The summed E-state index contributed by atoms with van der Waals surface area (Å²) in [6, 6.07) is 7.68. The van der Waals surface area contributed by atoms with E-state index in [1.807, 2.05) is 25.1 Å². The average Bonchev–Trinajstić information content (AvgIpc) is 2.26. The summed E-state index contributed by atoms with van der Waals surface area (Å²) in [6.07, 6.45) is 0. The molecule has 0 saturated carbocycles. The zero-order chi connectivity index (χ0) is 13.1. The number of nitrogens with two attached hydrogens (primary N) is 1. The summed E-state index contributed by atoms with van der Waals surface area (Å²) < 4.78 is 6.04. The van der Waals surface area contributed by atoms with Crippen molar-refractivity contribution in [3.63, 3.8) is 0 Å². The molecule has 0 atom stereocenters. The molecule has 2 aromatic rings. The van der Waals surface area contributed by atoms with Crippen LogP contribution in [0.3, 0.4) is 0 Å². The van der Waals surface area contributed by atoms with E-state index in [0.29, 0.717) is 11.7 Å². The number of halogens is 1. The number of ether oxygens (including phenoxy) is 1. The normalized spacial score (nSPS) is 10.2. The van der Waals surface area contributed by atoms with Gasteiger partial charge in [0.25, 0.3) is 0 Å². The Morgan fingerprint density at radius 3 is 2.67 bits per heavy atom. The minimum absolute atomic E-state index is 0.170. The summed E-state index contributed by atoms with van der Waals surface area (Å²) in [7, 11) is 1.54. The Labute approximate surface area is 114 Å². The molecule has 1 aromatic carbocycles. The zero-order valence-electron chi connectivity index (χ0n) is 10.1. The molecule has 0 spiro atoms. The molecule has 0 bridgehead atoms. The van der Waals surface area contributed by atoms with Gasteiger partial charge in [-0.1, -0.05) is 15.9 Å². The number of aryl methyl sites for hydroxylation is 1. The first kappa shape index (κ1) is 12.6. The minimum atomic E-state index is 0.170. The van der Waals surface area contributed by atoms with Crippen LogP contribution in [0.15, 0.2) is 28.7 Å². The van der Waals surface area contributed by atoms with Gasteiger partial charge in [0.05, 0.1) is 7.11 Å². The number of nitrogen functional groups attached to an aromatic ring is 1. The molecular weight excluding hydrogens is 296 g/mol. The molecule has 1 aromatic heterocycles. The molecule has 0 unspecified atom stereocenters. The fourth-order valence-corrected chi connectivity index (χ4v) is 2.18. The van der Waals surface area contributed by atoms with E-state index in [9.17, 15) is 0 Å². The minimum Gasteiger partial charge on any atom is -0.481 e. The molecule has 3 N–H and O–H groups in total.